The van der Waals surface area contributed by atoms with Crippen molar-refractivity contribution in [1.29, 1.82) is 0 Å². The number of aryl methyl sites for hydroxylation is 1. The first-order valence-electron chi connectivity index (χ1n) is 18.5. The Hall–Kier alpha value is -5.54. The summed E-state index contributed by atoms with van der Waals surface area (Å²) in [6, 6.07) is 17.2. The summed E-state index contributed by atoms with van der Waals surface area (Å²) >= 11 is 0. The molecule has 0 saturated carbocycles. The van der Waals surface area contributed by atoms with Crippen molar-refractivity contribution in [3.63, 3.8) is 0 Å². The number of nitrogens with two attached hydrogens (primary N) is 1. The number of sulfone groups is 1. The Labute approximate surface area is 334 Å². The van der Waals surface area contributed by atoms with Crippen molar-refractivity contribution in [3.05, 3.63) is 89.6 Å². The van der Waals surface area contributed by atoms with Gasteiger partial charge >= 0.3 is 18.2 Å². The van der Waals surface area contributed by atoms with Crippen LogP contribution in [0.1, 0.15) is 97.9 Å². The molecule has 0 aliphatic rings. The first kappa shape index (κ1) is 44.2. The van der Waals surface area contributed by atoms with Crippen LogP contribution in [0.4, 0.5) is 26.8 Å². The zero-order valence-corrected chi connectivity index (χ0v) is 34.7. The molecule has 0 fully saturated rings. The number of carboxylic acid groups (broad SMARTS) is 1. The molecule has 3 amide bonds. The largest absolute Gasteiger partial charge is 0.479 e. The second-order valence-electron chi connectivity index (χ2n) is 16.6. The number of amides is 3. The van der Waals surface area contributed by atoms with E-state index in [9.17, 15) is 32.7 Å². The highest BCUT2D eigenvalue weighted by atomic mass is 32.2. The lowest BCUT2D eigenvalue weighted by Crippen LogP contribution is -2.44. The van der Waals surface area contributed by atoms with Crippen LogP contribution < -0.4 is 21.3 Å². The van der Waals surface area contributed by atoms with Gasteiger partial charge in [-0.25, -0.2) is 27.8 Å². The molecule has 4 aromatic rings. The number of ether oxygens (including phenoxy) is 2. The van der Waals surface area contributed by atoms with Crippen LogP contribution in [0.5, 0.6) is 0 Å². The van der Waals surface area contributed by atoms with Crippen LogP contribution in [0, 0.1) is 0 Å². The summed E-state index contributed by atoms with van der Waals surface area (Å²) in [6.45, 7) is 14.9. The summed E-state index contributed by atoms with van der Waals surface area (Å²) in [5.74, 6) is -1.36. The van der Waals surface area contributed by atoms with Gasteiger partial charge in [0.2, 0.25) is 5.91 Å². The minimum Gasteiger partial charge on any atom is -0.479 e. The van der Waals surface area contributed by atoms with E-state index in [4.69, 9.17) is 15.2 Å². The zero-order valence-electron chi connectivity index (χ0n) is 33.9. The molecule has 1 unspecified atom stereocenters. The number of aromatic nitrogens is 1. The van der Waals surface area contributed by atoms with Crippen LogP contribution in [0.25, 0.3) is 10.8 Å². The monoisotopic (exact) mass is 803 g/mol. The molecular weight excluding hydrogens is 751 g/mol. The number of hydrogen-bond donors (Lipinski definition) is 4. The minimum atomic E-state index is -3.62. The first-order chi connectivity index (χ1) is 26.4. The number of anilines is 3. The molecule has 0 radical (unpaired) electrons. The fraction of sp³-hybridized carbons (Fsp3) is 0.405. The molecule has 1 aromatic heterocycles. The average Bonchev–Trinajstić information content (AvgIpc) is 3.08. The van der Waals surface area contributed by atoms with Crippen molar-refractivity contribution in [3.8, 4) is 0 Å². The summed E-state index contributed by atoms with van der Waals surface area (Å²) in [5, 5.41) is 17.0. The number of imide groups is 1. The van der Waals surface area contributed by atoms with Gasteiger partial charge in [-0.1, -0.05) is 24.3 Å². The van der Waals surface area contributed by atoms with Gasteiger partial charge in [0.15, 0.2) is 21.7 Å². The fourth-order valence-corrected chi connectivity index (χ4v) is 7.10. The molecule has 0 bridgehead atoms. The smallest absolute Gasteiger partial charge is 0.425 e. The number of benzene rings is 3. The molecule has 15 heteroatoms. The maximum absolute atomic E-state index is 13.3. The van der Waals surface area contributed by atoms with E-state index in [1.807, 2.05) is 12.1 Å². The number of hydrogen-bond acceptors (Lipinski definition) is 11. The number of carboxylic acids is 1. The highest BCUT2D eigenvalue weighted by Crippen LogP contribution is 2.32. The second-order valence-corrected chi connectivity index (χ2v) is 19.2. The van der Waals surface area contributed by atoms with Gasteiger partial charge in [-0.3, -0.25) is 4.79 Å². The number of carbonyl (C=O) groups is 4. The van der Waals surface area contributed by atoms with E-state index in [0.717, 1.165) is 10.5 Å². The van der Waals surface area contributed by atoms with E-state index in [2.05, 4.69) is 15.6 Å². The third-order valence-corrected chi connectivity index (χ3v) is 11.1. The Morgan fingerprint density at radius 1 is 0.825 bits per heavy atom. The topological polar surface area (TPSA) is 207 Å². The summed E-state index contributed by atoms with van der Waals surface area (Å²) in [6.07, 6.45) is 0.776. The summed E-state index contributed by atoms with van der Waals surface area (Å²) in [4.78, 5) is 57.0. The maximum atomic E-state index is 13.3. The van der Waals surface area contributed by atoms with Crippen molar-refractivity contribution in [2.24, 2.45) is 5.73 Å². The SMILES string of the molecule is CC(C)(C)OC(=O)N(C(=O)OC(C)(C)C)c1nccc2cc(NC(C(=O)O)c3ccc(CCCC(=O)Nc4ccc(S(=O)(=O)C(C)(C)C)c(CN)c4)cc3)ccc12. The number of pyridine rings is 1. The number of aliphatic carboxylic acids is 1. The molecule has 1 heterocycles. The Kier molecular flexibility index (Phi) is 13.4. The average molecular weight is 804 g/mol. The van der Waals surface area contributed by atoms with Gasteiger partial charge in [0, 0.05) is 35.9 Å². The number of nitrogens with one attached hydrogen (secondary N) is 2. The lowest BCUT2D eigenvalue weighted by atomic mass is 10.0. The van der Waals surface area contributed by atoms with E-state index in [-0.39, 0.29) is 29.6 Å². The van der Waals surface area contributed by atoms with Gasteiger partial charge in [0.1, 0.15) is 11.2 Å². The molecule has 0 spiro atoms. The molecule has 0 aliphatic carbocycles. The van der Waals surface area contributed by atoms with Crippen LogP contribution in [0.3, 0.4) is 0 Å². The number of fused-ring (bicyclic) bond motifs is 1. The Morgan fingerprint density at radius 3 is 1.96 bits per heavy atom. The van der Waals surface area contributed by atoms with Crippen LogP contribution in [-0.2, 0) is 41.9 Å². The Balaban J connectivity index is 1.44. The van der Waals surface area contributed by atoms with E-state index >= 15 is 0 Å². The molecule has 0 saturated heterocycles. The molecule has 0 aliphatic heterocycles. The van der Waals surface area contributed by atoms with E-state index in [0.29, 0.717) is 46.1 Å². The van der Waals surface area contributed by atoms with E-state index in [1.165, 1.54) is 12.3 Å². The first-order valence-corrected chi connectivity index (χ1v) is 20.0. The standard InChI is InChI=1S/C42H53N5O9S/c1-40(2,3)55-38(51)47(39(52)56-41(4,5)6)36-32-19-17-31(23-28(32)21-22-44-36)46-35(37(49)50)27-15-13-26(14-16-27)11-10-12-34(48)45-30-18-20-33(29(24-30)25-43)57(53,54)42(7,8)9/h13-24,35,46H,10-12,25,43H2,1-9H3,(H,45,48)(H,49,50). The predicted octanol–water partition coefficient (Wildman–Crippen LogP) is 8.14. The van der Waals surface area contributed by atoms with Gasteiger partial charge in [-0.05, 0) is 140 Å². The molecule has 4 rings (SSSR count). The second kappa shape index (κ2) is 17.3. The van der Waals surface area contributed by atoms with Crippen molar-refractivity contribution in [2.75, 3.05) is 15.5 Å². The summed E-state index contributed by atoms with van der Waals surface area (Å²) in [7, 11) is -3.62. The quantitative estimate of drug-likeness (QED) is 0.107. The number of carbonyl (C=O) groups excluding carboxylic acids is 3. The summed E-state index contributed by atoms with van der Waals surface area (Å²) in [5.41, 5.74) is 6.78. The van der Waals surface area contributed by atoms with Gasteiger partial charge in [-0.15, -0.1) is 0 Å². The van der Waals surface area contributed by atoms with Crippen LogP contribution in [-0.4, -0.2) is 58.5 Å². The third kappa shape index (κ3) is 11.5. The number of rotatable bonds is 12. The van der Waals surface area contributed by atoms with Gasteiger partial charge in [0.25, 0.3) is 0 Å². The van der Waals surface area contributed by atoms with Gasteiger partial charge < -0.3 is 30.9 Å². The predicted molar refractivity (Wildman–Crippen MR) is 220 cm³/mol. The molecule has 14 nitrogen and oxygen atoms in total. The van der Waals surface area contributed by atoms with Crippen molar-refractivity contribution < 1.29 is 42.2 Å². The highest BCUT2D eigenvalue weighted by molar-refractivity contribution is 7.92. The lowest BCUT2D eigenvalue weighted by Gasteiger charge is -2.28. The Bertz CT molecular complexity index is 2210. The zero-order chi connectivity index (χ0) is 42.5. The maximum Gasteiger partial charge on any atom is 0.425 e. The van der Waals surface area contributed by atoms with Crippen LogP contribution in [0.2, 0.25) is 0 Å². The lowest BCUT2D eigenvalue weighted by molar-refractivity contribution is -0.138. The molecular formula is C42H53N5O9S. The minimum absolute atomic E-state index is 0.00294. The molecule has 306 valence electrons. The third-order valence-electron chi connectivity index (χ3n) is 8.51. The van der Waals surface area contributed by atoms with E-state index < -0.39 is 50.0 Å². The van der Waals surface area contributed by atoms with E-state index in [1.54, 1.807) is 111 Å². The molecule has 3 aromatic carbocycles. The van der Waals surface area contributed by atoms with Crippen molar-refractivity contribution in [2.45, 2.75) is 115 Å². The van der Waals surface area contributed by atoms with Crippen LogP contribution >= 0.6 is 0 Å². The van der Waals surface area contributed by atoms with Gasteiger partial charge in [0.05, 0.1) is 9.64 Å². The Morgan fingerprint density at radius 2 is 1.42 bits per heavy atom. The van der Waals surface area contributed by atoms with Crippen molar-refractivity contribution >= 4 is 61.9 Å². The highest BCUT2D eigenvalue weighted by Gasteiger charge is 2.35. The van der Waals surface area contributed by atoms with Crippen molar-refractivity contribution in [1.82, 2.24) is 4.98 Å². The fourth-order valence-electron chi connectivity index (χ4n) is 5.71. The molecule has 57 heavy (non-hydrogen) atoms. The normalized spacial score (nSPS) is 12.7. The van der Waals surface area contributed by atoms with Crippen LogP contribution in [0.15, 0.2) is 77.8 Å². The molecule has 1 atom stereocenters. The number of nitrogens with zero attached hydrogens (tertiary/aromatic N) is 2. The van der Waals surface area contributed by atoms with Gasteiger partial charge in [-0.2, -0.15) is 4.90 Å². The molecule has 5 N–H and O–H groups in total. The summed E-state index contributed by atoms with van der Waals surface area (Å²) < 4.78 is 36.0.